The average molecular weight is 330 g/mol. The van der Waals surface area contributed by atoms with Crippen molar-refractivity contribution >= 4 is 11.9 Å². The summed E-state index contributed by atoms with van der Waals surface area (Å²) in [5.74, 6) is -0.780. The number of carbonyl (C=O) groups is 2. The Kier molecular flexibility index (Phi) is 4.11. The number of aryl methyl sites for hydroxylation is 1. The highest BCUT2D eigenvalue weighted by atomic mass is 16.4. The summed E-state index contributed by atoms with van der Waals surface area (Å²) in [6.07, 6.45) is -0.00692. The number of aliphatic hydroxyl groups is 1. The van der Waals surface area contributed by atoms with Crippen LogP contribution in [0.1, 0.15) is 29.1 Å². The summed E-state index contributed by atoms with van der Waals surface area (Å²) in [6, 6.07) is 9.27. The monoisotopic (exact) mass is 330 g/mol. The smallest absolute Gasteiger partial charge is 0.335 e. The zero-order valence-electron chi connectivity index (χ0n) is 13.2. The molecule has 3 rings (SSSR count). The van der Waals surface area contributed by atoms with Crippen LogP contribution in [0.15, 0.2) is 34.7 Å². The standard InChI is InChI=1S/C17H18N2O5/c1-11-13(18-14(24-11)12-5-3-2-4-6-12)15(20)19-9-7-17(23,8-10-19)16(21)22/h2-6,23H,7-10H2,1H3,(H,21,22). The SMILES string of the molecule is Cc1oc(-c2ccccc2)nc1C(=O)N1CCC(O)(C(=O)O)CC1. The predicted molar refractivity (Wildman–Crippen MR) is 84.4 cm³/mol. The summed E-state index contributed by atoms with van der Waals surface area (Å²) >= 11 is 0. The molecule has 2 heterocycles. The van der Waals surface area contributed by atoms with Gasteiger partial charge in [-0.1, -0.05) is 18.2 Å². The lowest BCUT2D eigenvalue weighted by Gasteiger charge is -2.34. The van der Waals surface area contributed by atoms with E-state index >= 15 is 0 Å². The largest absolute Gasteiger partial charge is 0.479 e. The van der Waals surface area contributed by atoms with Gasteiger partial charge in [-0.25, -0.2) is 9.78 Å². The number of aromatic nitrogens is 1. The fraction of sp³-hybridized carbons (Fsp3) is 0.353. The van der Waals surface area contributed by atoms with E-state index in [2.05, 4.69) is 4.98 Å². The van der Waals surface area contributed by atoms with Gasteiger partial charge in [0.25, 0.3) is 5.91 Å². The molecule has 2 N–H and O–H groups in total. The van der Waals surface area contributed by atoms with Crippen molar-refractivity contribution in [1.29, 1.82) is 0 Å². The Hall–Kier alpha value is -2.67. The van der Waals surface area contributed by atoms with Gasteiger partial charge in [0, 0.05) is 31.5 Å². The third-order valence-corrected chi connectivity index (χ3v) is 4.30. The van der Waals surface area contributed by atoms with E-state index in [-0.39, 0.29) is 37.5 Å². The lowest BCUT2D eigenvalue weighted by Crippen LogP contribution is -2.51. The van der Waals surface area contributed by atoms with E-state index in [0.717, 1.165) is 5.56 Å². The average Bonchev–Trinajstić information content (AvgIpc) is 2.97. The number of oxazole rings is 1. The maximum Gasteiger partial charge on any atom is 0.335 e. The number of amides is 1. The number of benzene rings is 1. The molecule has 7 heteroatoms. The quantitative estimate of drug-likeness (QED) is 0.888. The number of piperidine rings is 1. The molecule has 7 nitrogen and oxygen atoms in total. The summed E-state index contributed by atoms with van der Waals surface area (Å²) in [6.45, 7) is 1.99. The van der Waals surface area contributed by atoms with Crippen LogP contribution in [0.5, 0.6) is 0 Å². The van der Waals surface area contributed by atoms with Gasteiger partial charge in [0.2, 0.25) is 5.89 Å². The van der Waals surface area contributed by atoms with Crippen LogP contribution in [0, 0.1) is 6.92 Å². The van der Waals surface area contributed by atoms with Crippen molar-refractivity contribution in [2.24, 2.45) is 0 Å². The van der Waals surface area contributed by atoms with Gasteiger partial charge in [0.15, 0.2) is 11.3 Å². The first-order valence-corrected chi connectivity index (χ1v) is 7.68. The third kappa shape index (κ3) is 2.90. The van der Waals surface area contributed by atoms with Gasteiger partial charge >= 0.3 is 5.97 Å². The zero-order chi connectivity index (χ0) is 17.3. The molecular formula is C17H18N2O5. The molecule has 1 aromatic carbocycles. The van der Waals surface area contributed by atoms with Gasteiger partial charge in [0.05, 0.1) is 0 Å². The van der Waals surface area contributed by atoms with Gasteiger partial charge in [-0.15, -0.1) is 0 Å². The van der Waals surface area contributed by atoms with Crippen molar-refractivity contribution in [3.05, 3.63) is 41.8 Å². The number of carboxylic acids is 1. The van der Waals surface area contributed by atoms with E-state index in [1.54, 1.807) is 6.92 Å². The molecule has 1 saturated heterocycles. The molecule has 0 bridgehead atoms. The van der Waals surface area contributed by atoms with E-state index in [1.807, 2.05) is 30.3 Å². The number of carboxylic acid groups (broad SMARTS) is 1. The summed E-state index contributed by atoms with van der Waals surface area (Å²) < 4.78 is 5.59. The molecule has 0 saturated carbocycles. The van der Waals surface area contributed by atoms with Crippen LogP contribution >= 0.6 is 0 Å². The lowest BCUT2D eigenvalue weighted by molar-refractivity contribution is -0.162. The lowest BCUT2D eigenvalue weighted by atomic mass is 9.91. The fourth-order valence-corrected chi connectivity index (χ4v) is 2.74. The summed E-state index contributed by atoms with van der Waals surface area (Å²) in [5, 5.41) is 19.0. The minimum Gasteiger partial charge on any atom is -0.479 e. The van der Waals surface area contributed by atoms with Crippen LogP contribution in [0.4, 0.5) is 0 Å². The van der Waals surface area contributed by atoms with Crippen LogP contribution in [0.3, 0.4) is 0 Å². The maximum atomic E-state index is 12.6. The minimum atomic E-state index is -1.76. The molecule has 0 aliphatic carbocycles. The van der Waals surface area contributed by atoms with Crippen molar-refractivity contribution in [2.45, 2.75) is 25.4 Å². The van der Waals surface area contributed by atoms with Crippen LogP contribution in [0.2, 0.25) is 0 Å². The Balaban J connectivity index is 1.77. The second kappa shape index (κ2) is 6.09. The van der Waals surface area contributed by atoms with E-state index in [1.165, 1.54) is 4.90 Å². The fourth-order valence-electron chi connectivity index (χ4n) is 2.74. The number of hydrogen-bond donors (Lipinski definition) is 2. The van der Waals surface area contributed by atoms with Crippen molar-refractivity contribution in [3.63, 3.8) is 0 Å². The Morgan fingerprint density at radius 1 is 1.21 bits per heavy atom. The van der Waals surface area contributed by atoms with Crippen LogP contribution in [-0.4, -0.2) is 50.7 Å². The molecule has 24 heavy (non-hydrogen) atoms. The second-order valence-corrected chi connectivity index (χ2v) is 5.92. The molecule has 1 fully saturated rings. The highest BCUT2D eigenvalue weighted by Crippen LogP contribution is 2.26. The van der Waals surface area contributed by atoms with E-state index in [4.69, 9.17) is 9.52 Å². The van der Waals surface area contributed by atoms with Crippen molar-refractivity contribution in [2.75, 3.05) is 13.1 Å². The van der Waals surface area contributed by atoms with Crippen molar-refractivity contribution in [3.8, 4) is 11.5 Å². The highest BCUT2D eigenvalue weighted by molar-refractivity contribution is 5.94. The van der Waals surface area contributed by atoms with Crippen molar-refractivity contribution in [1.82, 2.24) is 9.88 Å². The molecule has 0 spiro atoms. The van der Waals surface area contributed by atoms with Crippen LogP contribution in [-0.2, 0) is 4.79 Å². The van der Waals surface area contributed by atoms with Crippen molar-refractivity contribution < 1.29 is 24.2 Å². The Labute approximate surface area is 138 Å². The first-order valence-electron chi connectivity index (χ1n) is 7.68. The highest BCUT2D eigenvalue weighted by Gasteiger charge is 2.41. The third-order valence-electron chi connectivity index (χ3n) is 4.30. The molecule has 126 valence electrons. The molecule has 2 aromatic rings. The maximum absolute atomic E-state index is 12.6. The number of rotatable bonds is 3. The first kappa shape index (κ1) is 16.2. The summed E-state index contributed by atoms with van der Waals surface area (Å²) in [7, 11) is 0. The van der Waals surface area contributed by atoms with E-state index in [9.17, 15) is 14.7 Å². The van der Waals surface area contributed by atoms with Gasteiger partial charge < -0.3 is 19.5 Å². The summed E-state index contributed by atoms with van der Waals surface area (Å²) in [5.41, 5.74) is -0.765. The normalized spacial score (nSPS) is 16.8. The summed E-state index contributed by atoms with van der Waals surface area (Å²) in [4.78, 5) is 29.5. The molecule has 0 unspecified atom stereocenters. The number of likely N-dealkylation sites (tertiary alicyclic amines) is 1. The van der Waals surface area contributed by atoms with Gasteiger partial charge in [0.1, 0.15) is 5.76 Å². The van der Waals surface area contributed by atoms with Crippen LogP contribution in [0.25, 0.3) is 11.5 Å². The second-order valence-electron chi connectivity index (χ2n) is 5.92. The zero-order valence-corrected chi connectivity index (χ0v) is 13.2. The molecule has 1 amide bonds. The molecule has 0 radical (unpaired) electrons. The minimum absolute atomic E-state index is 0.00346. The topological polar surface area (TPSA) is 104 Å². The Morgan fingerprint density at radius 3 is 2.42 bits per heavy atom. The van der Waals surface area contributed by atoms with Gasteiger partial charge in [-0.3, -0.25) is 4.79 Å². The first-order chi connectivity index (χ1) is 11.4. The van der Waals surface area contributed by atoms with Crippen LogP contribution < -0.4 is 0 Å². The number of nitrogens with zero attached hydrogens (tertiary/aromatic N) is 2. The number of aliphatic carboxylic acids is 1. The van der Waals surface area contributed by atoms with Gasteiger partial charge in [-0.05, 0) is 19.1 Å². The number of hydrogen-bond acceptors (Lipinski definition) is 5. The van der Waals surface area contributed by atoms with Gasteiger partial charge in [-0.2, -0.15) is 0 Å². The van der Waals surface area contributed by atoms with E-state index in [0.29, 0.717) is 11.7 Å². The molecule has 1 aliphatic rings. The van der Waals surface area contributed by atoms with E-state index < -0.39 is 11.6 Å². The molecule has 0 atom stereocenters. The predicted octanol–water partition coefficient (Wildman–Crippen LogP) is 1.70. The Morgan fingerprint density at radius 2 is 1.83 bits per heavy atom. The molecule has 1 aliphatic heterocycles. The molecule has 1 aromatic heterocycles. The Bertz CT molecular complexity index is 761. The number of carbonyl (C=O) groups excluding carboxylic acids is 1. The molecular weight excluding hydrogens is 312 g/mol.